The summed E-state index contributed by atoms with van der Waals surface area (Å²) in [6.07, 6.45) is -3.21. The molecule has 6 nitrogen and oxygen atoms in total. The molecule has 1 N–H and O–H groups in total. The number of fused-ring (bicyclic) bond motifs is 1. The summed E-state index contributed by atoms with van der Waals surface area (Å²) in [5, 5.41) is 0. The molecule has 0 fully saturated rings. The molecule has 3 aromatic heterocycles. The molecule has 3 heterocycles. The maximum absolute atomic E-state index is 12.7. The first-order chi connectivity index (χ1) is 11.2. The van der Waals surface area contributed by atoms with Crippen molar-refractivity contribution in [2.75, 3.05) is 5.75 Å². The number of imidazole rings is 1. The zero-order valence-corrected chi connectivity index (χ0v) is 13.1. The average molecular weight is 356 g/mol. The van der Waals surface area contributed by atoms with Crippen molar-refractivity contribution in [3.8, 4) is 11.5 Å². The van der Waals surface area contributed by atoms with Crippen LogP contribution in [0, 0.1) is 0 Å². The highest BCUT2D eigenvalue weighted by Crippen LogP contribution is 2.30. The molecular formula is C14H11F3N4O2S. The Morgan fingerprint density at radius 1 is 1.17 bits per heavy atom. The summed E-state index contributed by atoms with van der Waals surface area (Å²) in [6.45, 7) is 1.49. The van der Waals surface area contributed by atoms with E-state index < -0.39 is 21.7 Å². The molecule has 0 aromatic carbocycles. The van der Waals surface area contributed by atoms with Crippen LogP contribution in [0.5, 0.6) is 0 Å². The first kappa shape index (κ1) is 16.4. The highest BCUT2D eigenvalue weighted by Gasteiger charge is 2.33. The number of hydrogen-bond acceptors (Lipinski definition) is 5. The minimum absolute atomic E-state index is 0.0393. The second-order valence-corrected chi connectivity index (χ2v) is 7.15. The summed E-state index contributed by atoms with van der Waals surface area (Å²) in [6, 6.07) is 4.86. The number of rotatable bonds is 3. The van der Waals surface area contributed by atoms with Crippen molar-refractivity contribution < 1.29 is 21.6 Å². The molecule has 10 heteroatoms. The maximum Gasteiger partial charge on any atom is 0.433 e. The fraction of sp³-hybridized carbons (Fsp3) is 0.214. The van der Waals surface area contributed by atoms with Gasteiger partial charge >= 0.3 is 6.18 Å². The van der Waals surface area contributed by atoms with Crippen LogP contribution in [0.1, 0.15) is 12.6 Å². The summed E-state index contributed by atoms with van der Waals surface area (Å²) in [4.78, 5) is 14.2. The molecule has 0 radical (unpaired) electrons. The first-order valence-electron chi connectivity index (χ1n) is 6.84. The van der Waals surface area contributed by atoms with Gasteiger partial charge in [0.1, 0.15) is 11.4 Å². The Labute approximate surface area is 134 Å². The summed E-state index contributed by atoms with van der Waals surface area (Å²) < 4.78 is 62.5. The van der Waals surface area contributed by atoms with E-state index in [0.29, 0.717) is 0 Å². The maximum atomic E-state index is 12.7. The fourth-order valence-electron chi connectivity index (χ4n) is 2.14. The SMILES string of the molecule is CCS(=O)(=O)c1cccnc1-c1nc2nc(C(F)(F)F)ccc2[nH]1. The smallest absolute Gasteiger partial charge is 0.335 e. The topological polar surface area (TPSA) is 88.6 Å². The van der Waals surface area contributed by atoms with E-state index in [1.165, 1.54) is 31.3 Å². The van der Waals surface area contributed by atoms with Gasteiger partial charge < -0.3 is 4.98 Å². The lowest BCUT2D eigenvalue weighted by Crippen LogP contribution is -2.07. The Bertz CT molecular complexity index is 1010. The Balaban J connectivity index is 2.18. The lowest BCUT2D eigenvalue weighted by atomic mass is 10.3. The number of H-pyrrole nitrogens is 1. The van der Waals surface area contributed by atoms with Gasteiger partial charge in [0.05, 0.1) is 16.2 Å². The predicted octanol–water partition coefficient (Wildman–Crippen LogP) is 2.83. The normalized spacial score (nSPS) is 12.7. The van der Waals surface area contributed by atoms with E-state index in [0.717, 1.165) is 6.07 Å². The van der Waals surface area contributed by atoms with Crippen molar-refractivity contribution in [1.82, 2.24) is 19.9 Å². The fourth-order valence-corrected chi connectivity index (χ4v) is 3.18. The third-order valence-electron chi connectivity index (χ3n) is 3.35. The standard InChI is InChI=1S/C14H11F3N4O2S/c1-2-24(22,23)9-4-3-7-18-11(9)13-19-8-5-6-10(14(15,16)17)20-12(8)21-13/h3-7H,2H2,1H3,(H,19,20,21). The van der Waals surface area contributed by atoms with Gasteiger partial charge in [0.15, 0.2) is 21.3 Å². The van der Waals surface area contributed by atoms with E-state index in [1.54, 1.807) is 0 Å². The van der Waals surface area contributed by atoms with Crippen molar-refractivity contribution in [2.24, 2.45) is 0 Å². The van der Waals surface area contributed by atoms with Crippen molar-refractivity contribution in [3.63, 3.8) is 0 Å². The Morgan fingerprint density at radius 3 is 2.58 bits per heavy atom. The summed E-state index contributed by atoms with van der Waals surface area (Å²) in [5.41, 5.74) is -0.935. The Kier molecular flexibility index (Phi) is 3.78. The molecule has 24 heavy (non-hydrogen) atoms. The van der Waals surface area contributed by atoms with Gasteiger partial charge in [-0.1, -0.05) is 6.92 Å². The van der Waals surface area contributed by atoms with Crippen molar-refractivity contribution in [3.05, 3.63) is 36.2 Å². The minimum Gasteiger partial charge on any atom is -0.335 e. The lowest BCUT2D eigenvalue weighted by Gasteiger charge is -2.05. The molecule has 0 aliphatic heterocycles. The van der Waals surface area contributed by atoms with Gasteiger partial charge in [-0.15, -0.1) is 0 Å². The van der Waals surface area contributed by atoms with Crippen LogP contribution < -0.4 is 0 Å². The highest BCUT2D eigenvalue weighted by atomic mass is 32.2. The van der Waals surface area contributed by atoms with Gasteiger partial charge in [0.2, 0.25) is 0 Å². The Morgan fingerprint density at radius 2 is 1.92 bits per heavy atom. The number of halogens is 3. The highest BCUT2D eigenvalue weighted by molar-refractivity contribution is 7.91. The molecule has 0 spiro atoms. The lowest BCUT2D eigenvalue weighted by molar-refractivity contribution is -0.141. The van der Waals surface area contributed by atoms with Crippen LogP contribution in [-0.4, -0.2) is 34.1 Å². The van der Waals surface area contributed by atoms with E-state index in [9.17, 15) is 21.6 Å². The average Bonchev–Trinajstić information content (AvgIpc) is 2.97. The van der Waals surface area contributed by atoms with E-state index in [4.69, 9.17) is 0 Å². The predicted molar refractivity (Wildman–Crippen MR) is 79.8 cm³/mol. The van der Waals surface area contributed by atoms with Gasteiger partial charge in [-0.2, -0.15) is 13.2 Å². The van der Waals surface area contributed by atoms with Gasteiger partial charge in [-0.25, -0.2) is 18.4 Å². The number of pyridine rings is 2. The molecule has 0 bridgehead atoms. The molecule has 3 aromatic rings. The summed E-state index contributed by atoms with van der Waals surface area (Å²) >= 11 is 0. The molecular weight excluding hydrogens is 345 g/mol. The molecule has 126 valence electrons. The molecule has 0 aliphatic rings. The number of hydrogen-bond donors (Lipinski definition) is 1. The van der Waals surface area contributed by atoms with Crippen LogP contribution in [0.4, 0.5) is 13.2 Å². The van der Waals surface area contributed by atoms with Crippen molar-refractivity contribution >= 4 is 21.0 Å². The van der Waals surface area contributed by atoms with Gasteiger partial charge in [-0.3, -0.25) is 4.98 Å². The number of alkyl halides is 3. The summed E-state index contributed by atoms with van der Waals surface area (Å²) in [7, 11) is -3.57. The molecule has 0 unspecified atom stereocenters. The van der Waals surface area contributed by atoms with Crippen LogP contribution >= 0.6 is 0 Å². The van der Waals surface area contributed by atoms with Gasteiger partial charge in [-0.05, 0) is 24.3 Å². The molecule has 0 saturated carbocycles. The number of sulfone groups is 1. The van der Waals surface area contributed by atoms with E-state index in [-0.39, 0.29) is 33.3 Å². The quantitative estimate of drug-likeness (QED) is 0.779. The number of nitrogens with zero attached hydrogens (tertiary/aromatic N) is 3. The number of aromatic nitrogens is 4. The van der Waals surface area contributed by atoms with E-state index in [2.05, 4.69) is 19.9 Å². The van der Waals surface area contributed by atoms with Gasteiger partial charge in [0.25, 0.3) is 0 Å². The third-order valence-corrected chi connectivity index (χ3v) is 5.11. The molecule has 3 rings (SSSR count). The number of nitrogens with one attached hydrogen (secondary N) is 1. The van der Waals surface area contributed by atoms with E-state index in [1.807, 2.05) is 0 Å². The zero-order valence-electron chi connectivity index (χ0n) is 12.3. The second-order valence-electron chi connectivity index (χ2n) is 4.90. The van der Waals surface area contributed by atoms with Crippen LogP contribution in [0.3, 0.4) is 0 Å². The Hall–Kier alpha value is -2.49. The minimum atomic E-state index is -4.59. The third kappa shape index (κ3) is 2.84. The monoisotopic (exact) mass is 356 g/mol. The van der Waals surface area contributed by atoms with Crippen LogP contribution in [0.15, 0.2) is 35.4 Å². The second kappa shape index (κ2) is 5.55. The molecule has 0 atom stereocenters. The van der Waals surface area contributed by atoms with Crippen molar-refractivity contribution in [1.29, 1.82) is 0 Å². The first-order valence-corrected chi connectivity index (χ1v) is 8.49. The zero-order chi connectivity index (χ0) is 17.5. The molecule has 0 amide bonds. The van der Waals surface area contributed by atoms with Crippen LogP contribution in [0.2, 0.25) is 0 Å². The molecule has 0 saturated heterocycles. The van der Waals surface area contributed by atoms with Crippen molar-refractivity contribution in [2.45, 2.75) is 18.0 Å². The largest absolute Gasteiger partial charge is 0.433 e. The van der Waals surface area contributed by atoms with E-state index >= 15 is 0 Å². The van der Waals surface area contributed by atoms with Crippen LogP contribution in [0.25, 0.3) is 22.7 Å². The molecule has 0 aliphatic carbocycles. The number of aromatic amines is 1. The van der Waals surface area contributed by atoms with Crippen LogP contribution in [-0.2, 0) is 16.0 Å². The van der Waals surface area contributed by atoms with Gasteiger partial charge in [0, 0.05) is 6.20 Å². The summed E-state index contributed by atoms with van der Waals surface area (Å²) in [5.74, 6) is -0.0907.